The number of hydrogen-bond acceptors (Lipinski definition) is 6. The van der Waals surface area contributed by atoms with E-state index in [9.17, 15) is 0 Å². The van der Waals surface area contributed by atoms with E-state index in [2.05, 4.69) is 267 Å². The van der Waals surface area contributed by atoms with Crippen LogP contribution in [-0.2, 0) is 0 Å². The molecule has 4 heterocycles. The number of nitrogens with zero attached hydrogens (tertiary/aromatic N) is 6. The molecular weight excluding hydrogens is 973 g/mol. The molecule has 0 saturated carbocycles. The Balaban J connectivity index is 0.781. The van der Waals surface area contributed by atoms with Gasteiger partial charge in [0.05, 0.1) is 34.2 Å². The molecule has 0 fully saturated rings. The molecule has 80 heavy (non-hydrogen) atoms. The molecule has 0 atom stereocenters. The number of rotatable bonds is 11. The van der Waals surface area contributed by atoms with E-state index in [4.69, 9.17) is 29.9 Å². The van der Waals surface area contributed by atoms with Gasteiger partial charge in [-0.05, 0) is 68.4 Å². The molecule has 0 unspecified atom stereocenters. The largest absolute Gasteiger partial charge is 0.256 e. The number of aromatic nitrogens is 6. The maximum absolute atomic E-state index is 5.22. The van der Waals surface area contributed by atoms with Crippen LogP contribution in [0.4, 0.5) is 0 Å². The van der Waals surface area contributed by atoms with Crippen LogP contribution in [0.5, 0.6) is 0 Å². The van der Waals surface area contributed by atoms with E-state index in [0.29, 0.717) is 11.6 Å². The molecule has 0 aliphatic rings. The predicted octanol–water partition coefficient (Wildman–Crippen LogP) is 18.7. The van der Waals surface area contributed by atoms with Crippen LogP contribution in [0.15, 0.2) is 291 Å². The molecule has 374 valence electrons. The van der Waals surface area contributed by atoms with Crippen molar-refractivity contribution in [1.29, 1.82) is 0 Å². The molecule has 0 aliphatic carbocycles. The van der Waals surface area contributed by atoms with Gasteiger partial charge in [-0.3, -0.25) is 9.97 Å². The summed E-state index contributed by atoms with van der Waals surface area (Å²) in [7, 11) is 0. The molecule has 0 saturated heterocycles. The summed E-state index contributed by atoms with van der Waals surface area (Å²) in [6.07, 6.45) is 3.76. The summed E-state index contributed by atoms with van der Waals surface area (Å²) in [5, 5.41) is 4.57. The van der Waals surface area contributed by atoms with Crippen LogP contribution < -0.4 is 0 Å². The zero-order chi connectivity index (χ0) is 53.2. The van der Waals surface area contributed by atoms with Gasteiger partial charge in [0.15, 0.2) is 11.6 Å². The van der Waals surface area contributed by atoms with E-state index in [1.165, 1.54) is 0 Å². The van der Waals surface area contributed by atoms with E-state index < -0.39 is 0 Å². The molecule has 6 heteroatoms. The molecule has 4 aromatic heterocycles. The van der Waals surface area contributed by atoms with Gasteiger partial charge in [-0.25, -0.2) is 19.9 Å². The van der Waals surface area contributed by atoms with Gasteiger partial charge in [0.1, 0.15) is 0 Å². The third kappa shape index (κ3) is 9.59. The van der Waals surface area contributed by atoms with E-state index in [1.54, 1.807) is 0 Å². The van der Waals surface area contributed by atoms with Gasteiger partial charge in [0, 0.05) is 67.7 Å². The van der Waals surface area contributed by atoms with Crippen LogP contribution in [0.1, 0.15) is 0 Å². The highest BCUT2D eigenvalue weighted by atomic mass is 14.9. The van der Waals surface area contributed by atoms with Crippen molar-refractivity contribution < 1.29 is 0 Å². The van der Waals surface area contributed by atoms with Gasteiger partial charge in [0.25, 0.3) is 0 Å². The predicted molar refractivity (Wildman–Crippen MR) is 328 cm³/mol. The van der Waals surface area contributed by atoms with Crippen LogP contribution in [0.3, 0.4) is 0 Å². The maximum Gasteiger partial charge on any atom is 0.160 e. The average molecular weight is 1020 g/mol. The molecule has 14 aromatic rings. The van der Waals surface area contributed by atoms with Crippen LogP contribution in [-0.4, -0.2) is 29.9 Å². The first-order valence-corrected chi connectivity index (χ1v) is 26.8. The van der Waals surface area contributed by atoms with Crippen molar-refractivity contribution in [3.05, 3.63) is 291 Å². The first-order chi connectivity index (χ1) is 39.6. The Hall–Kier alpha value is -10.8. The normalized spacial score (nSPS) is 11.2. The zero-order valence-corrected chi connectivity index (χ0v) is 43.4. The smallest absolute Gasteiger partial charge is 0.160 e. The summed E-state index contributed by atoms with van der Waals surface area (Å²) in [5.41, 5.74) is 20.0. The lowest BCUT2D eigenvalue weighted by Crippen LogP contribution is -1.96. The Labute approximate surface area is 464 Å². The Morgan fingerprint density at radius 1 is 0.188 bits per heavy atom. The fraction of sp³-hybridized carbons (Fsp3) is 0. The molecule has 6 nitrogen and oxygen atoms in total. The van der Waals surface area contributed by atoms with E-state index in [1.807, 2.05) is 24.5 Å². The highest BCUT2D eigenvalue weighted by Gasteiger charge is 2.16. The SMILES string of the molecule is c1ccc(-c2ccc(-c3nc(-c4ccc(-c5ccc(-c6cc(-c7ccc(-c8nccc9ccccc89)cc7)nc(-c7ccc(-c8ccccc8)cc7)n6)cc5)cc4)cc(-c4ccc(-c5nccc6ccccc56)cc4)n3)cc2)cc1. The minimum atomic E-state index is 0.659. The molecule has 14 rings (SSSR count). The Morgan fingerprint density at radius 2 is 0.438 bits per heavy atom. The van der Waals surface area contributed by atoms with Crippen molar-refractivity contribution in [2.45, 2.75) is 0 Å². The van der Waals surface area contributed by atoms with Gasteiger partial charge in [-0.1, -0.05) is 255 Å². The second kappa shape index (κ2) is 21.0. The highest BCUT2D eigenvalue weighted by Crippen LogP contribution is 2.36. The number of benzene rings is 10. The van der Waals surface area contributed by atoms with Crippen molar-refractivity contribution in [2.75, 3.05) is 0 Å². The molecule has 0 N–H and O–H groups in total. The molecule has 0 radical (unpaired) electrons. The van der Waals surface area contributed by atoms with Gasteiger partial charge in [-0.15, -0.1) is 0 Å². The summed E-state index contributed by atoms with van der Waals surface area (Å²) >= 11 is 0. The average Bonchev–Trinajstić information content (AvgIpc) is 3.57. The monoisotopic (exact) mass is 1020 g/mol. The van der Waals surface area contributed by atoms with Gasteiger partial charge in [0.2, 0.25) is 0 Å². The van der Waals surface area contributed by atoms with E-state index >= 15 is 0 Å². The summed E-state index contributed by atoms with van der Waals surface area (Å²) in [6, 6.07) is 97.3. The summed E-state index contributed by atoms with van der Waals surface area (Å²) in [5.74, 6) is 1.32. The van der Waals surface area contributed by atoms with E-state index in [-0.39, 0.29) is 0 Å². The van der Waals surface area contributed by atoms with E-state index in [0.717, 1.165) is 134 Å². The van der Waals surface area contributed by atoms with Crippen LogP contribution in [0.25, 0.3) is 145 Å². The summed E-state index contributed by atoms with van der Waals surface area (Å²) in [4.78, 5) is 30.4. The number of pyridine rings is 2. The van der Waals surface area contributed by atoms with Crippen molar-refractivity contribution >= 4 is 21.5 Å². The quantitative estimate of drug-likeness (QED) is 0.128. The zero-order valence-electron chi connectivity index (χ0n) is 43.4. The first-order valence-electron chi connectivity index (χ1n) is 26.8. The molecule has 0 aliphatic heterocycles. The molecule has 0 amide bonds. The lowest BCUT2D eigenvalue weighted by molar-refractivity contribution is 1.18. The van der Waals surface area contributed by atoms with Crippen molar-refractivity contribution in [2.24, 2.45) is 0 Å². The highest BCUT2D eigenvalue weighted by molar-refractivity contribution is 5.96. The first kappa shape index (κ1) is 47.6. The number of fused-ring (bicyclic) bond motifs is 2. The molecule has 10 aromatic carbocycles. The Morgan fingerprint density at radius 3 is 0.762 bits per heavy atom. The topological polar surface area (TPSA) is 77.3 Å². The molecule has 0 spiro atoms. The standard InChI is InChI=1S/C74H48N6/c1-3-11-49(12-4-1)51-23-39-63(40-24-51)73-77-67(47-69(79-73)59-31-35-61(36-32-59)71-65-17-9-7-15-55(65)43-45-75-71)57-27-19-53(20-28-57)54-21-29-58(30-22-54)68-48-70(80-74(78-68)64-41-25-52(26-42-64)50-13-5-2-6-14-50)60-33-37-62(38-34-60)72-66-18-10-8-16-56(66)44-46-76-72/h1-48H. The summed E-state index contributed by atoms with van der Waals surface area (Å²) in [6.45, 7) is 0. The van der Waals surface area contributed by atoms with Crippen LogP contribution in [0, 0.1) is 0 Å². The van der Waals surface area contributed by atoms with Gasteiger partial charge < -0.3 is 0 Å². The van der Waals surface area contributed by atoms with Crippen molar-refractivity contribution in [3.8, 4) is 124 Å². The van der Waals surface area contributed by atoms with Crippen LogP contribution >= 0.6 is 0 Å². The van der Waals surface area contributed by atoms with Crippen molar-refractivity contribution in [1.82, 2.24) is 29.9 Å². The Kier molecular flexibility index (Phi) is 12.5. The lowest BCUT2D eigenvalue weighted by atomic mass is 9.98. The molecular formula is C74H48N6. The second-order valence-electron chi connectivity index (χ2n) is 19.9. The van der Waals surface area contributed by atoms with Gasteiger partial charge in [-0.2, -0.15) is 0 Å². The summed E-state index contributed by atoms with van der Waals surface area (Å²) < 4.78 is 0. The maximum atomic E-state index is 5.22. The fourth-order valence-corrected chi connectivity index (χ4v) is 10.6. The lowest BCUT2D eigenvalue weighted by Gasteiger charge is -2.12. The fourth-order valence-electron chi connectivity index (χ4n) is 10.6. The Bertz CT molecular complexity index is 4200. The second-order valence-corrected chi connectivity index (χ2v) is 19.9. The van der Waals surface area contributed by atoms with Crippen molar-refractivity contribution in [3.63, 3.8) is 0 Å². The minimum absolute atomic E-state index is 0.659. The third-order valence-corrected chi connectivity index (χ3v) is 14.9. The minimum Gasteiger partial charge on any atom is -0.256 e. The number of hydrogen-bond donors (Lipinski definition) is 0. The van der Waals surface area contributed by atoms with Crippen LogP contribution in [0.2, 0.25) is 0 Å². The molecule has 0 bridgehead atoms. The third-order valence-electron chi connectivity index (χ3n) is 14.9. The van der Waals surface area contributed by atoms with Gasteiger partial charge >= 0.3 is 0 Å².